The molecule has 0 radical (unpaired) electrons. The van der Waals surface area contributed by atoms with E-state index in [1.807, 2.05) is 6.07 Å². The standard InChI is InChI=1S/C17H26N2O2/c18-14-5-4-9-19(12-14)15-6-3-8-16(11-15)21-13-17-7-1-2-10-20-17/h3,6,8,11,14,17H,1-2,4-5,7,9-10,12-13,18H2. The van der Waals surface area contributed by atoms with Crippen molar-refractivity contribution < 1.29 is 9.47 Å². The van der Waals surface area contributed by atoms with E-state index in [1.54, 1.807) is 0 Å². The van der Waals surface area contributed by atoms with Crippen LogP contribution in [0.2, 0.25) is 0 Å². The quantitative estimate of drug-likeness (QED) is 0.926. The van der Waals surface area contributed by atoms with E-state index >= 15 is 0 Å². The Kier molecular flexibility index (Phi) is 4.99. The van der Waals surface area contributed by atoms with Gasteiger partial charge in [-0.1, -0.05) is 6.07 Å². The molecule has 2 aliphatic heterocycles. The molecule has 116 valence electrons. The molecule has 4 nitrogen and oxygen atoms in total. The fraction of sp³-hybridized carbons (Fsp3) is 0.647. The first kappa shape index (κ1) is 14.7. The fourth-order valence-corrected chi connectivity index (χ4v) is 3.14. The number of hydrogen-bond acceptors (Lipinski definition) is 4. The summed E-state index contributed by atoms with van der Waals surface area (Å²) in [6.45, 7) is 3.56. The zero-order valence-corrected chi connectivity index (χ0v) is 12.7. The van der Waals surface area contributed by atoms with Gasteiger partial charge >= 0.3 is 0 Å². The van der Waals surface area contributed by atoms with Gasteiger partial charge in [0.2, 0.25) is 0 Å². The molecule has 2 fully saturated rings. The molecule has 2 atom stereocenters. The minimum atomic E-state index is 0.255. The van der Waals surface area contributed by atoms with E-state index in [-0.39, 0.29) is 6.10 Å². The predicted molar refractivity (Wildman–Crippen MR) is 85.0 cm³/mol. The Morgan fingerprint density at radius 3 is 3.00 bits per heavy atom. The Bertz CT molecular complexity index is 446. The minimum absolute atomic E-state index is 0.255. The summed E-state index contributed by atoms with van der Waals surface area (Å²) in [7, 11) is 0. The minimum Gasteiger partial charge on any atom is -0.491 e. The van der Waals surface area contributed by atoms with Crippen LogP contribution < -0.4 is 15.4 Å². The zero-order valence-electron chi connectivity index (χ0n) is 12.7. The number of hydrogen-bond donors (Lipinski definition) is 1. The molecule has 2 N–H and O–H groups in total. The molecule has 2 unspecified atom stereocenters. The van der Waals surface area contributed by atoms with Crippen LogP contribution in [0.25, 0.3) is 0 Å². The molecule has 0 amide bonds. The van der Waals surface area contributed by atoms with E-state index in [2.05, 4.69) is 23.1 Å². The first-order valence-corrected chi connectivity index (χ1v) is 8.16. The molecule has 0 bridgehead atoms. The lowest BCUT2D eigenvalue weighted by atomic mass is 10.1. The molecule has 3 rings (SSSR count). The van der Waals surface area contributed by atoms with Crippen molar-refractivity contribution in [3.05, 3.63) is 24.3 Å². The van der Waals surface area contributed by atoms with E-state index in [4.69, 9.17) is 15.2 Å². The maximum Gasteiger partial charge on any atom is 0.121 e. The number of nitrogens with zero attached hydrogens (tertiary/aromatic N) is 1. The van der Waals surface area contributed by atoms with Crippen LogP contribution in [0.3, 0.4) is 0 Å². The predicted octanol–water partition coefficient (Wildman–Crippen LogP) is 2.56. The number of rotatable bonds is 4. The van der Waals surface area contributed by atoms with Crippen molar-refractivity contribution in [1.82, 2.24) is 0 Å². The zero-order chi connectivity index (χ0) is 14.5. The summed E-state index contributed by atoms with van der Waals surface area (Å²) in [5.41, 5.74) is 7.28. The number of ether oxygens (including phenoxy) is 2. The second-order valence-electron chi connectivity index (χ2n) is 6.15. The lowest BCUT2D eigenvalue weighted by Gasteiger charge is -2.32. The van der Waals surface area contributed by atoms with Crippen LogP contribution in [0.15, 0.2) is 24.3 Å². The smallest absolute Gasteiger partial charge is 0.121 e. The average Bonchev–Trinajstić information content (AvgIpc) is 2.54. The van der Waals surface area contributed by atoms with Crippen molar-refractivity contribution in [2.45, 2.75) is 44.2 Å². The maximum atomic E-state index is 6.07. The van der Waals surface area contributed by atoms with Crippen molar-refractivity contribution in [3.8, 4) is 5.75 Å². The summed E-state index contributed by atoms with van der Waals surface area (Å²) < 4.78 is 11.6. The van der Waals surface area contributed by atoms with Crippen LogP contribution in [0, 0.1) is 0 Å². The third-order valence-corrected chi connectivity index (χ3v) is 4.35. The molecule has 2 saturated heterocycles. The first-order valence-electron chi connectivity index (χ1n) is 8.16. The molecule has 4 heteroatoms. The van der Waals surface area contributed by atoms with Crippen LogP contribution in [0.1, 0.15) is 32.1 Å². The van der Waals surface area contributed by atoms with E-state index in [9.17, 15) is 0 Å². The first-order chi connectivity index (χ1) is 10.3. The lowest BCUT2D eigenvalue weighted by molar-refractivity contribution is -0.0110. The Labute approximate surface area is 127 Å². The van der Waals surface area contributed by atoms with Gasteiger partial charge in [0.25, 0.3) is 0 Å². The summed E-state index contributed by atoms with van der Waals surface area (Å²) in [6.07, 6.45) is 6.10. The second kappa shape index (κ2) is 7.14. The van der Waals surface area contributed by atoms with Crippen molar-refractivity contribution in [2.75, 3.05) is 31.2 Å². The van der Waals surface area contributed by atoms with Gasteiger partial charge in [0, 0.05) is 37.5 Å². The fourth-order valence-electron chi connectivity index (χ4n) is 3.14. The van der Waals surface area contributed by atoms with Crippen LogP contribution >= 0.6 is 0 Å². The highest BCUT2D eigenvalue weighted by atomic mass is 16.5. The molecule has 2 heterocycles. The SMILES string of the molecule is NC1CCCN(c2cccc(OCC3CCCCO3)c2)C1. The molecular formula is C17H26N2O2. The van der Waals surface area contributed by atoms with E-state index in [0.717, 1.165) is 38.3 Å². The molecule has 1 aromatic rings. The number of benzene rings is 1. The summed E-state index contributed by atoms with van der Waals surface area (Å²) >= 11 is 0. The Morgan fingerprint density at radius 2 is 2.19 bits per heavy atom. The number of anilines is 1. The molecular weight excluding hydrogens is 264 g/mol. The van der Waals surface area contributed by atoms with Crippen LogP contribution in [-0.4, -0.2) is 38.4 Å². The molecule has 1 aromatic carbocycles. The molecule has 0 aliphatic carbocycles. The highest BCUT2D eigenvalue weighted by Gasteiger charge is 2.18. The summed E-state index contributed by atoms with van der Waals surface area (Å²) in [6, 6.07) is 8.64. The van der Waals surface area contributed by atoms with E-state index < -0.39 is 0 Å². The third kappa shape index (κ3) is 4.11. The Balaban J connectivity index is 1.57. The van der Waals surface area contributed by atoms with E-state index in [0.29, 0.717) is 12.6 Å². The molecule has 21 heavy (non-hydrogen) atoms. The molecule has 0 aromatic heterocycles. The second-order valence-corrected chi connectivity index (χ2v) is 6.15. The van der Waals surface area contributed by atoms with Gasteiger partial charge in [-0.3, -0.25) is 0 Å². The third-order valence-electron chi connectivity index (χ3n) is 4.35. The highest BCUT2D eigenvalue weighted by Crippen LogP contribution is 2.24. The van der Waals surface area contributed by atoms with Crippen molar-refractivity contribution >= 4 is 5.69 Å². The highest BCUT2D eigenvalue weighted by molar-refractivity contribution is 5.51. The molecule has 2 aliphatic rings. The lowest BCUT2D eigenvalue weighted by Crippen LogP contribution is -2.42. The van der Waals surface area contributed by atoms with Gasteiger partial charge in [-0.25, -0.2) is 0 Å². The average molecular weight is 290 g/mol. The van der Waals surface area contributed by atoms with Gasteiger partial charge in [0.1, 0.15) is 12.4 Å². The monoisotopic (exact) mass is 290 g/mol. The molecule has 0 spiro atoms. The maximum absolute atomic E-state index is 6.07. The topological polar surface area (TPSA) is 47.7 Å². The molecule has 0 saturated carbocycles. The summed E-state index contributed by atoms with van der Waals surface area (Å²) in [5.74, 6) is 0.931. The normalized spacial score (nSPS) is 26.6. The van der Waals surface area contributed by atoms with Gasteiger partial charge < -0.3 is 20.1 Å². The van der Waals surface area contributed by atoms with Crippen molar-refractivity contribution in [3.63, 3.8) is 0 Å². The van der Waals surface area contributed by atoms with Crippen LogP contribution in [-0.2, 0) is 4.74 Å². The number of nitrogens with two attached hydrogens (primary N) is 1. The van der Waals surface area contributed by atoms with Crippen LogP contribution in [0.4, 0.5) is 5.69 Å². The van der Waals surface area contributed by atoms with Crippen molar-refractivity contribution in [2.24, 2.45) is 5.73 Å². The van der Waals surface area contributed by atoms with E-state index in [1.165, 1.54) is 24.9 Å². The van der Waals surface area contributed by atoms with Gasteiger partial charge in [-0.15, -0.1) is 0 Å². The number of piperidine rings is 1. The van der Waals surface area contributed by atoms with Crippen LogP contribution in [0.5, 0.6) is 5.75 Å². The Hall–Kier alpha value is -1.26. The van der Waals surface area contributed by atoms with Gasteiger partial charge in [-0.2, -0.15) is 0 Å². The van der Waals surface area contributed by atoms with Gasteiger partial charge in [0.05, 0.1) is 6.10 Å². The van der Waals surface area contributed by atoms with Crippen molar-refractivity contribution in [1.29, 1.82) is 0 Å². The summed E-state index contributed by atoms with van der Waals surface area (Å²) in [5, 5.41) is 0. The largest absolute Gasteiger partial charge is 0.491 e. The summed E-state index contributed by atoms with van der Waals surface area (Å²) in [4.78, 5) is 2.36. The Morgan fingerprint density at radius 1 is 1.24 bits per heavy atom. The van der Waals surface area contributed by atoms with Gasteiger partial charge in [-0.05, 0) is 44.2 Å². The van der Waals surface area contributed by atoms with Gasteiger partial charge in [0.15, 0.2) is 0 Å².